The molecule has 2 N–H and O–H groups in total. The topological polar surface area (TPSA) is 56.0 Å². The molecule has 0 aliphatic heterocycles. The summed E-state index contributed by atoms with van der Waals surface area (Å²) >= 11 is 0. The highest BCUT2D eigenvalue weighted by atomic mass is 16.1. The van der Waals surface area contributed by atoms with Crippen molar-refractivity contribution in [3.8, 4) is 11.3 Å². The van der Waals surface area contributed by atoms with Gasteiger partial charge in [-0.25, -0.2) is 0 Å². The number of hydrogen-bond donors (Lipinski definition) is 1. The zero-order chi connectivity index (χ0) is 11.4. The van der Waals surface area contributed by atoms with Gasteiger partial charge in [0.1, 0.15) is 6.29 Å². The molecule has 0 aliphatic carbocycles. The van der Waals surface area contributed by atoms with Gasteiger partial charge in [-0.3, -0.25) is 4.98 Å². The Kier molecular flexibility index (Phi) is 2.96. The van der Waals surface area contributed by atoms with Crippen molar-refractivity contribution in [1.29, 1.82) is 0 Å². The van der Waals surface area contributed by atoms with Crippen LogP contribution in [0.25, 0.3) is 11.3 Å². The Balaban J connectivity index is 2.40. The number of benzene rings is 1. The zero-order valence-electron chi connectivity index (χ0n) is 8.76. The molecule has 0 aliphatic rings. The molecule has 80 valence electrons. The van der Waals surface area contributed by atoms with Gasteiger partial charge in [-0.1, -0.05) is 30.3 Å². The molecule has 0 saturated carbocycles. The molecule has 0 spiro atoms. The van der Waals surface area contributed by atoms with E-state index in [0.29, 0.717) is 12.1 Å². The van der Waals surface area contributed by atoms with Gasteiger partial charge in [-0.05, 0) is 11.6 Å². The van der Waals surface area contributed by atoms with Crippen LogP contribution in [0.15, 0.2) is 42.6 Å². The monoisotopic (exact) mass is 212 g/mol. The summed E-state index contributed by atoms with van der Waals surface area (Å²) in [5.74, 6) is 0. The van der Waals surface area contributed by atoms with Crippen molar-refractivity contribution in [3.05, 3.63) is 48.2 Å². The third-order valence-corrected chi connectivity index (χ3v) is 2.34. The molecule has 0 radical (unpaired) electrons. The Bertz CT molecular complexity index is 495. The summed E-state index contributed by atoms with van der Waals surface area (Å²) in [4.78, 5) is 14.7. The van der Waals surface area contributed by atoms with E-state index in [0.717, 1.165) is 23.1 Å². The molecule has 0 fully saturated rings. The number of aldehydes is 1. The lowest BCUT2D eigenvalue weighted by Crippen LogP contribution is -1.96. The minimum absolute atomic E-state index is 0.353. The summed E-state index contributed by atoms with van der Waals surface area (Å²) < 4.78 is 0. The van der Waals surface area contributed by atoms with Crippen molar-refractivity contribution >= 4 is 12.0 Å². The smallest absolute Gasteiger partial charge is 0.124 e. The fourth-order valence-electron chi connectivity index (χ4n) is 1.57. The Labute approximate surface area is 93.9 Å². The van der Waals surface area contributed by atoms with Gasteiger partial charge >= 0.3 is 0 Å². The first kappa shape index (κ1) is 10.4. The van der Waals surface area contributed by atoms with Crippen LogP contribution >= 0.6 is 0 Å². The molecule has 16 heavy (non-hydrogen) atoms. The minimum atomic E-state index is 0.353. The number of aromatic nitrogens is 1. The van der Waals surface area contributed by atoms with Gasteiger partial charge in [0.05, 0.1) is 11.4 Å². The lowest BCUT2D eigenvalue weighted by atomic mass is 10.1. The number of carbonyl (C=O) groups excluding carboxylic acids is 1. The number of hydrogen-bond acceptors (Lipinski definition) is 3. The summed E-state index contributed by atoms with van der Waals surface area (Å²) in [5, 5.41) is 0. The average molecular weight is 212 g/mol. The molecule has 0 saturated heterocycles. The van der Waals surface area contributed by atoms with E-state index in [-0.39, 0.29) is 0 Å². The first-order valence-electron chi connectivity index (χ1n) is 5.04. The van der Waals surface area contributed by atoms with Crippen LogP contribution in [-0.4, -0.2) is 11.3 Å². The highest BCUT2D eigenvalue weighted by Crippen LogP contribution is 2.23. The van der Waals surface area contributed by atoms with Crippen LogP contribution in [0.2, 0.25) is 0 Å². The molecule has 1 aromatic carbocycles. The molecule has 0 bridgehead atoms. The van der Waals surface area contributed by atoms with Crippen LogP contribution in [0, 0.1) is 0 Å². The van der Waals surface area contributed by atoms with Crippen LogP contribution in [0.1, 0.15) is 5.56 Å². The number of nitrogens with zero attached hydrogens (tertiary/aromatic N) is 1. The van der Waals surface area contributed by atoms with E-state index in [4.69, 9.17) is 5.73 Å². The number of anilines is 1. The largest absolute Gasteiger partial charge is 0.397 e. The standard InChI is InChI=1S/C13H12N2O/c14-12-8-10(6-7-16)9-15-13(12)11-4-2-1-3-5-11/h1-5,7-9H,6,14H2. The lowest BCUT2D eigenvalue weighted by molar-refractivity contribution is -0.107. The van der Waals surface area contributed by atoms with Gasteiger partial charge in [0.25, 0.3) is 0 Å². The fraction of sp³-hybridized carbons (Fsp3) is 0.0769. The Hall–Kier alpha value is -2.16. The first-order chi connectivity index (χ1) is 7.81. The number of carbonyl (C=O) groups is 1. The van der Waals surface area contributed by atoms with Gasteiger partial charge in [-0.15, -0.1) is 0 Å². The van der Waals surface area contributed by atoms with Crippen molar-refractivity contribution in [1.82, 2.24) is 4.98 Å². The average Bonchev–Trinajstić information content (AvgIpc) is 2.31. The van der Waals surface area contributed by atoms with Gasteiger partial charge in [0, 0.05) is 18.2 Å². The van der Waals surface area contributed by atoms with Gasteiger partial charge in [-0.2, -0.15) is 0 Å². The molecular formula is C13H12N2O. The summed E-state index contributed by atoms with van der Waals surface area (Å²) in [5.41, 5.74) is 9.09. The maximum absolute atomic E-state index is 10.4. The Morgan fingerprint density at radius 3 is 2.62 bits per heavy atom. The van der Waals surface area contributed by atoms with E-state index in [1.807, 2.05) is 30.3 Å². The summed E-state index contributed by atoms with van der Waals surface area (Å²) in [7, 11) is 0. The number of rotatable bonds is 3. The first-order valence-corrected chi connectivity index (χ1v) is 5.04. The molecule has 1 aromatic heterocycles. The van der Waals surface area contributed by atoms with E-state index >= 15 is 0 Å². The fourth-order valence-corrected chi connectivity index (χ4v) is 1.57. The highest BCUT2D eigenvalue weighted by molar-refractivity contribution is 5.73. The number of nitrogen functional groups attached to an aromatic ring is 1. The number of pyridine rings is 1. The molecule has 2 aromatic rings. The summed E-state index contributed by atoms with van der Waals surface area (Å²) in [6.45, 7) is 0. The second-order valence-electron chi connectivity index (χ2n) is 3.52. The van der Waals surface area contributed by atoms with E-state index < -0.39 is 0 Å². The summed E-state index contributed by atoms with van der Waals surface area (Å²) in [6.07, 6.45) is 2.89. The highest BCUT2D eigenvalue weighted by Gasteiger charge is 2.04. The maximum Gasteiger partial charge on any atom is 0.124 e. The molecule has 3 heteroatoms. The van der Waals surface area contributed by atoms with E-state index in [9.17, 15) is 4.79 Å². The van der Waals surface area contributed by atoms with E-state index in [1.54, 1.807) is 12.3 Å². The van der Waals surface area contributed by atoms with E-state index in [1.165, 1.54) is 0 Å². The van der Waals surface area contributed by atoms with Crippen molar-refractivity contribution < 1.29 is 4.79 Å². The second-order valence-corrected chi connectivity index (χ2v) is 3.52. The molecule has 1 heterocycles. The van der Waals surface area contributed by atoms with Gasteiger partial charge in [0.15, 0.2) is 0 Å². The quantitative estimate of drug-likeness (QED) is 0.792. The molecule has 0 atom stereocenters. The zero-order valence-corrected chi connectivity index (χ0v) is 8.76. The van der Waals surface area contributed by atoms with Crippen molar-refractivity contribution in [2.75, 3.05) is 5.73 Å². The predicted molar refractivity (Wildman–Crippen MR) is 63.9 cm³/mol. The van der Waals surface area contributed by atoms with Crippen molar-refractivity contribution in [2.24, 2.45) is 0 Å². The maximum atomic E-state index is 10.4. The third kappa shape index (κ3) is 2.08. The van der Waals surface area contributed by atoms with Crippen LogP contribution in [0.5, 0.6) is 0 Å². The molecular weight excluding hydrogens is 200 g/mol. The van der Waals surface area contributed by atoms with E-state index in [2.05, 4.69) is 4.98 Å². The number of nitrogens with two attached hydrogens (primary N) is 1. The SMILES string of the molecule is Nc1cc(CC=O)cnc1-c1ccccc1. The molecule has 0 unspecified atom stereocenters. The normalized spacial score (nSPS) is 10.0. The Morgan fingerprint density at radius 1 is 1.25 bits per heavy atom. The molecule has 2 rings (SSSR count). The van der Waals surface area contributed by atoms with Gasteiger partial charge < -0.3 is 10.5 Å². The molecule has 3 nitrogen and oxygen atoms in total. The predicted octanol–water partition coefficient (Wildman–Crippen LogP) is 2.07. The van der Waals surface area contributed by atoms with Crippen LogP contribution < -0.4 is 5.73 Å². The Morgan fingerprint density at radius 2 is 2.00 bits per heavy atom. The van der Waals surface area contributed by atoms with Gasteiger partial charge in [0.2, 0.25) is 0 Å². The van der Waals surface area contributed by atoms with Crippen molar-refractivity contribution in [3.63, 3.8) is 0 Å². The van der Waals surface area contributed by atoms with Crippen LogP contribution in [0.4, 0.5) is 5.69 Å². The minimum Gasteiger partial charge on any atom is -0.397 e. The lowest BCUT2D eigenvalue weighted by Gasteiger charge is -2.05. The van der Waals surface area contributed by atoms with Crippen LogP contribution in [0.3, 0.4) is 0 Å². The second kappa shape index (κ2) is 4.57. The van der Waals surface area contributed by atoms with Crippen molar-refractivity contribution in [2.45, 2.75) is 6.42 Å². The summed E-state index contributed by atoms with van der Waals surface area (Å²) in [6, 6.07) is 11.5. The van der Waals surface area contributed by atoms with Crippen LogP contribution in [-0.2, 0) is 11.2 Å². The molecule has 0 amide bonds. The third-order valence-electron chi connectivity index (χ3n) is 2.34.